The standard InChI is InChI=1S/C13H20N2O4S/c1-3-4-10(2)15-13(16)9-19-11-5-7-12(8-6-11)20(14,17)18/h5-8,10H,3-4,9H2,1-2H3,(H,15,16)(H2,14,17,18). The van der Waals surface area contributed by atoms with Crippen molar-refractivity contribution in [1.29, 1.82) is 0 Å². The fourth-order valence-corrected chi connectivity index (χ4v) is 2.21. The molecular formula is C13H20N2O4S. The van der Waals surface area contributed by atoms with Crippen LogP contribution in [-0.2, 0) is 14.8 Å². The van der Waals surface area contributed by atoms with Crippen molar-refractivity contribution in [3.63, 3.8) is 0 Å². The molecule has 3 N–H and O–H groups in total. The summed E-state index contributed by atoms with van der Waals surface area (Å²) in [6, 6.07) is 5.70. The molecule has 1 aromatic rings. The molecule has 0 bridgehead atoms. The summed E-state index contributed by atoms with van der Waals surface area (Å²) < 4.78 is 27.4. The lowest BCUT2D eigenvalue weighted by Gasteiger charge is -2.13. The van der Waals surface area contributed by atoms with Gasteiger partial charge in [-0.2, -0.15) is 0 Å². The predicted molar refractivity (Wildman–Crippen MR) is 75.8 cm³/mol. The van der Waals surface area contributed by atoms with Crippen LogP contribution in [0.4, 0.5) is 0 Å². The Balaban J connectivity index is 2.48. The van der Waals surface area contributed by atoms with Crippen LogP contribution in [0.15, 0.2) is 29.2 Å². The van der Waals surface area contributed by atoms with Gasteiger partial charge in [0.2, 0.25) is 10.0 Å². The van der Waals surface area contributed by atoms with Crippen molar-refractivity contribution in [3.8, 4) is 5.75 Å². The van der Waals surface area contributed by atoms with Crippen LogP contribution >= 0.6 is 0 Å². The van der Waals surface area contributed by atoms with E-state index in [0.29, 0.717) is 5.75 Å². The minimum absolute atomic E-state index is 0.00543. The number of amides is 1. The first-order valence-corrected chi connectivity index (χ1v) is 7.92. The maximum Gasteiger partial charge on any atom is 0.258 e. The largest absolute Gasteiger partial charge is 0.484 e. The normalized spacial score (nSPS) is 12.8. The van der Waals surface area contributed by atoms with Gasteiger partial charge in [-0.1, -0.05) is 13.3 Å². The quantitative estimate of drug-likeness (QED) is 0.785. The summed E-state index contributed by atoms with van der Waals surface area (Å²) in [7, 11) is -3.71. The van der Waals surface area contributed by atoms with Crippen molar-refractivity contribution in [2.24, 2.45) is 5.14 Å². The second-order valence-corrected chi connectivity index (χ2v) is 6.12. The summed E-state index contributed by atoms with van der Waals surface area (Å²) in [5.41, 5.74) is 0. The van der Waals surface area contributed by atoms with Crippen molar-refractivity contribution < 1.29 is 17.9 Å². The van der Waals surface area contributed by atoms with Crippen LogP contribution in [-0.4, -0.2) is 27.0 Å². The van der Waals surface area contributed by atoms with E-state index < -0.39 is 10.0 Å². The first-order chi connectivity index (χ1) is 9.32. The summed E-state index contributed by atoms with van der Waals surface area (Å²) in [5.74, 6) is 0.206. The Morgan fingerprint density at radius 3 is 2.45 bits per heavy atom. The van der Waals surface area contributed by atoms with Crippen molar-refractivity contribution in [2.45, 2.75) is 37.6 Å². The first kappa shape index (κ1) is 16.5. The molecule has 1 rings (SSSR count). The Morgan fingerprint density at radius 2 is 1.95 bits per heavy atom. The lowest BCUT2D eigenvalue weighted by molar-refractivity contribution is -0.123. The molecule has 0 radical (unpaired) electrons. The van der Waals surface area contributed by atoms with Crippen molar-refractivity contribution in [1.82, 2.24) is 5.32 Å². The molecule has 0 spiro atoms. The molecule has 0 aliphatic carbocycles. The Labute approximate surface area is 119 Å². The number of hydrogen-bond acceptors (Lipinski definition) is 4. The Morgan fingerprint density at radius 1 is 1.35 bits per heavy atom. The van der Waals surface area contributed by atoms with Gasteiger partial charge in [-0.3, -0.25) is 4.79 Å². The highest BCUT2D eigenvalue weighted by Crippen LogP contribution is 2.14. The highest BCUT2D eigenvalue weighted by Gasteiger charge is 2.09. The molecule has 20 heavy (non-hydrogen) atoms. The first-order valence-electron chi connectivity index (χ1n) is 6.38. The van der Waals surface area contributed by atoms with Crippen molar-refractivity contribution in [2.75, 3.05) is 6.61 Å². The van der Waals surface area contributed by atoms with Gasteiger partial charge in [0, 0.05) is 6.04 Å². The molecule has 1 amide bonds. The number of rotatable bonds is 7. The molecule has 0 aromatic heterocycles. The van der Waals surface area contributed by atoms with E-state index in [2.05, 4.69) is 5.32 Å². The van der Waals surface area contributed by atoms with E-state index in [4.69, 9.17) is 9.88 Å². The topological polar surface area (TPSA) is 98.5 Å². The summed E-state index contributed by atoms with van der Waals surface area (Å²) in [5, 5.41) is 7.79. The average Bonchev–Trinajstić information content (AvgIpc) is 2.36. The zero-order valence-corrected chi connectivity index (χ0v) is 12.4. The third-order valence-corrected chi connectivity index (χ3v) is 3.58. The minimum Gasteiger partial charge on any atom is -0.484 e. The van der Waals surface area contributed by atoms with Gasteiger partial charge in [0.05, 0.1) is 4.90 Å². The van der Waals surface area contributed by atoms with Gasteiger partial charge in [-0.15, -0.1) is 0 Å². The van der Waals surface area contributed by atoms with E-state index in [-0.39, 0.29) is 23.5 Å². The van der Waals surface area contributed by atoms with Crippen molar-refractivity contribution >= 4 is 15.9 Å². The molecular weight excluding hydrogens is 280 g/mol. The molecule has 1 unspecified atom stereocenters. The zero-order chi connectivity index (χ0) is 15.2. The number of sulfonamides is 1. The number of carbonyl (C=O) groups is 1. The van der Waals surface area contributed by atoms with E-state index in [0.717, 1.165) is 12.8 Å². The summed E-state index contributed by atoms with van der Waals surface area (Å²) in [4.78, 5) is 11.6. The van der Waals surface area contributed by atoms with Crippen LogP contribution in [0.25, 0.3) is 0 Å². The van der Waals surface area contributed by atoms with Gasteiger partial charge in [-0.25, -0.2) is 13.6 Å². The SMILES string of the molecule is CCCC(C)NC(=O)COc1ccc(S(N)(=O)=O)cc1. The minimum atomic E-state index is -3.71. The number of nitrogens with one attached hydrogen (secondary N) is 1. The molecule has 0 aliphatic heterocycles. The molecule has 0 aliphatic rings. The van der Waals surface area contributed by atoms with Crippen LogP contribution in [0.3, 0.4) is 0 Å². The van der Waals surface area contributed by atoms with Gasteiger partial charge in [0.1, 0.15) is 5.75 Å². The van der Waals surface area contributed by atoms with E-state index in [9.17, 15) is 13.2 Å². The molecule has 0 saturated carbocycles. The number of primary sulfonamides is 1. The van der Waals surface area contributed by atoms with Crippen LogP contribution in [0, 0.1) is 0 Å². The van der Waals surface area contributed by atoms with Gasteiger partial charge in [0.15, 0.2) is 6.61 Å². The molecule has 0 saturated heterocycles. The third kappa shape index (κ3) is 5.58. The third-order valence-electron chi connectivity index (χ3n) is 2.65. The number of benzene rings is 1. The lowest BCUT2D eigenvalue weighted by Crippen LogP contribution is -2.35. The number of carbonyl (C=O) groups excluding carboxylic acids is 1. The monoisotopic (exact) mass is 300 g/mol. The second-order valence-electron chi connectivity index (χ2n) is 4.56. The molecule has 7 heteroatoms. The van der Waals surface area contributed by atoms with Crippen LogP contribution < -0.4 is 15.2 Å². The van der Waals surface area contributed by atoms with Crippen LogP contribution in [0.5, 0.6) is 5.75 Å². The van der Waals surface area contributed by atoms with Gasteiger partial charge < -0.3 is 10.1 Å². The van der Waals surface area contributed by atoms with Crippen LogP contribution in [0.2, 0.25) is 0 Å². The van der Waals surface area contributed by atoms with E-state index in [1.165, 1.54) is 24.3 Å². The Hall–Kier alpha value is -1.60. The Bertz CT molecular complexity index is 540. The highest BCUT2D eigenvalue weighted by atomic mass is 32.2. The summed E-state index contributed by atoms with van der Waals surface area (Å²) >= 11 is 0. The maximum absolute atomic E-state index is 11.6. The van der Waals surface area contributed by atoms with E-state index >= 15 is 0 Å². The average molecular weight is 300 g/mol. The predicted octanol–water partition coefficient (Wildman–Crippen LogP) is 1.02. The molecule has 0 heterocycles. The lowest BCUT2D eigenvalue weighted by atomic mass is 10.2. The molecule has 0 fully saturated rings. The molecule has 1 atom stereocenters. The van der Waals surface area contributed by atoms with Gasteiger partial charge in [-0.05, 0) is 37.6 Å². The zero-order valence-electron chi connectivity index (χ0n) is 11.6. The van der Waals surface area contributed by atoms with Gasteiger partial charge in [0.25, 0.3) is 5.91 Å². The molecule has 1 aromatic carbocycles. The maximum atomic E-state index is 11.6. The molecule has 6 nitrogen and oxygen atoms in total. The van der Waals surface area contributed by atoms with E-state index in [1.807, 2.05) is 13.8 Å². The second kappa shape index (κ2) is 7.25. The number of hydrogen-bond donors (Lipinski definition) is 2. The smallest absolute Gasteiger partial charge is 0.258 e. The van der Waals surface area contributed by atoms with Gasteiger partial charge >= 0.3 is 0 Å². The molecule has 112 valence electrons. The fourth-order valence-electron chi connectivity index (χ4n) is 1.70. The van der Waals surface area contributed by atoms with Crippen molar-refractivity contribution in [3.05, 3.63) is 24.3 Å². The Kier molecular flexibility index (Phi) is 5.97. The highest BCUT2D eigenvalue weighted by molar-refractivity contribution is 7.89. The van der Waals surface area contributed by atoms with E-state index in [1.54, 1.807) is 0 Å². The number of ether oxygens (including phenoxy) is 1. The summed E-state index contributed by atoms with van der Waals surface area (Å²) in [6.45, 7) is 3.87. The van der Waals surface area contributed by atoms with Crippen LogP contribution in [0.1, 0.15) is 26.7 Å². The summed E-state index contributed by atoms with van der Waals surface area (Å²) in [6.07, 6.45) is 1.91. The number of nitrogens with two attached hydrogens (primary N) is 1. The fraction of sp³-hybridized carbons (Fsp3) is 0.462.